The molecule has 1 atom stereocenters. The zero-order valence-electron chi connectivity index (χ0n) is 16.8. The number of rotatable bonds is 4. The van der Waals surface area contributed by atoms with Gasteiger partial charge in [0.1, 0.15) is 5.69 Å². The molecule has 154 valence electrons. The lowest BCUT2D eigenvalue weighted by molar-refractivity contribution is 0.0602. The summed E-state index contributed by atoms with van der Waals surface area (Å²) < 4.78 is 1.19. The third-order valence-electron chi connectivity index (χ3n) is 5.51. The maximum Gasteiger partial charge on any atom is 0.274 e. The van der Waals surface area contributed by atoms with Gasteiger partial charge in [0.15, 0.2) is 0 Å². The molecule has 1 aliphatic heterocycles. The smallest absolute Gasteiger partial charge is 0.274 e. The predicted octanol–water partition coefficient (Wildman–Crippen LogP) is 3.79. The molecular formula is C23H23ClN4O2. The van der Waals surface area contributed by atoms with Crippen molar-refractivity contribution >= 4 is 17.5 Å². The minimum Gasteiger partial charge on any atom is -0.330 e. The molecule has 1 fully saturated rings. The quantitative estimate of drug-likeness (QED) is 0.641. The van der Waals surface area contributed by atoms with Crippen LogP contribution in [0, 0.1) is 0 Å². The van der Waals surface area contributed by atoms with Crippen LogP contribution in [0.15, 0.2) is 59.5 Å². The molecule has 1 amide bonds. The van der Waals surface area contributed by atoms with Gasteiger partial charge in [0.05, 0.1) is 6.04 Å². The molecule has 2 aromatic heterocycles. The first kappa shape index (κ1) is 20.3. The van der Waals surface area contributed by atoms with E-state index in [9.17, 15) is 9.59 Å². The molecule has 1 saturated heterocycles. The van der Waals surface area contributed by atoms with Crippen molar-refractivity contribution in [3.63, 3.8) is 0 Å². The van der Waals surface area contributed by atoms with Gasteiger partial charge in [-0.25, -0.2) is 4.68 Å². The highest BCUT2D eigenvalue weighted by atomic mass is 35.5. The van der Waals surface area contributed by atoms with E-state index in [4.69, 9.17) is 11.6 Å². The van der Waals surface area contributed by atoms with Crippen LogP contribution in [0.4, 0.5) is 0 Å². The summed E-state index contributed by atoms with van der Waals surface area (Å²) in [7, 11) is 1.55. The summed E-state index contributed by atoms with van der Waals surface area (Å²) >= 11 is 6.26. The highest BCUT2D eigenvalue weighted by molar-refractivity contribution is 6.31. The second-order valence-corrected chi connectivity index (χ2v) is 7.95. The average Bonchev–Trinajstić information content (AvgIpc) is 2.77. The fourth-order valence-electron chi connectivity index (χ4n) is 3.86. The fourth-order valence-corrected chi connectivity index (χ4v) is 4.06. The van der Waals surface area contributed by atoms with Crippen LogP contribution in [0.1, 0.15) is 52.6 Å². The summed E-state index contributed by atoms with van der Waals surface area (Å²) in [5.41, 5.74) is 3.03. The Morgan fingerprint density at radius 2 is 1.97 bits per heavy atom. The molecule has 0 saturated carbocycles. The van der Waals surface area contributed by atoms with E-state index in [1.807, 2.05) is 47.5 Å². The Hall–Kier alpha value is -2.99. The first-order chi connectivity index (χ1) is 14.5. The van der Waals surface area contributed by atoms with Crippen LogP contribution in [0.5, 0.6) is 0 Å². The Balaban J connectivity index is 1.55. The zero-order valence-corrected chi connectivity index (χ0v) is 17.5. The van der Waals surface area contributed by atoms with Crippen molar-refractivity contribution in [2.45, 2.75) is 31.7 Å². The average molecular weight is 423 g/mol. The van der Waals surface area contributed by atoms with Gasteiger partial charge in [0.2, 0.25) is 0 Å². The third kappa shape index (κ3) is 4.28. The fraction of sp³-hybridized carbons (Fsp3) is 0.304. The number of amides is 1. The van der Waals surface area contributed by atoms with E-state index >= 15 is 0 Å². The van der Waals surface area contributed by atoms with Gasteiger partial charge in [0, 0.05) is 43.0 Å². The van der Waals surface area contributed by atoms with Gasteiger partial charge in [-0.2, -0.15) is 5.10 Å². The van der Waals surface area contributed by atoms with Crippen LogP contribution in [-0.4, -0.2) is 32.1 Å². The van der Waals surface area contributed by atoms with Crippen LogP contribution in [0.3, 0.4) is 0 Å². The highest BCUT2D eigenvalue weighted by Gasteiger charge is 2.30. The minimum absolute atomic E-state index is 0.0489. The number of hydrogen-bond donors (Lipinski definition) is 0. The van der Waals surface area contributed by atoms with E-state index in [1.165, 1.54) is 16.8 Å². The van der Waals surface area contributed by atoms with Crippen molar-refractivity contribution in [1.82, 2.24) is 19.7 Å². The Bertz CT molecular complexity index is 1110. The molecule has 4 rings (SSSR count). The number of likely N-dealkylation sites (tertiary alicyclic amines) is 1. The standard InChI is InChI=1S/C23H23ClN4O2/c1-27-22(29)12-11-20(26-27)23(30)28-13-5-4-8-21(28)17-9-10-18(25-15-17)14-16-6-2-3-7-19(16)24/h2-3,6-7,9-12,15,21H,4-5,8,13-14H2,1H3. The van der Waals surface area contributed by atoms with Crippen LogP contribution < -0.4 is 5.56 Å². The van der Waals surface area contributed by atoms with Gasteiger partial charge >= 0.3 is 0 Å². The lowest BCUT2D eigenvalue weighted by Gasteiger charge is -2.35. The molecule has 0 spiro atoms. The molecule has 1 aromatic carbocycles. The van der Waals surface area contributed by atoms with Gasteiger partial charge in [-0.05, 0) is 48.6 Å². The van der Waals surface area contributed by atoms with E-state index in [1.54, 1.807) is 7.05 Å². The third-order valence-corrected chi connectivity index (χ3v) is 5.87. The topological polar surface area (TPSA) is 68.1 Å². The predicted molar refractivity (Wildman–Crippen MR) is 116 cm³/mol. The zero-order chi connectivity index (χ0) is 21.1. The van der Waals surface area contributed by atoms with Gasteiger partial charge in [-0.1, -0.05) is 35.9 Å². The van der Waals surface area contributed by atoms with Crippen LogP contribution in [0.2, 0.25) is 5.02 Å². The molecule has 0 N–H and O–H groups in total. The van der Waals surface area contributed by atoms with E-state index in [-0.39, 0.29) is 23.2 Å². The molecule has 7 heteroatoms. The Kier molecular flexibility index (Phi) is 5.95. The SMILES string of the molecule is Cn1nc(C(=O)N2CCCCC2c2ccc(Cc3ccccc3Cl)nc2)ccc1=O. The van der Waals surface area contributed by atoms with Gasteiger partial charge < -0.3 is 4.90 Å². The lowest BCUT2D eigenvalue weighted by atomic mass is 9.95. The largest absolute Gasteiger partial charge is 0.330 e. The summed E-state index contributed by atoms with van der Waals surface area (Å²) in [5.74, 6) is -0.157. The number of piperidine rings is 1. The van der Waals surface area contributed by atoms with Crippen molar-refractivity contribution < 1.29 is 4.79 Å². The first-order valence-electron chi connectivity index (χ1n) is 10.1. The molecule has 3 heterocycles. The number of aromatic nitrogens is 3. The molecule has 1 aliphatic rings. The maximum absolute atomic E-state index is 13.1. The number of halogens is 1. The van der Waals surface area contributed by atoms with Crippen LogP contribution in [-0.2, 0) is 13.5 Å². The number of benzene rings is 1. The molecule has 1 unspecified atom stereocenters. The minimum atomic E-state index is -0.236. The molecule has 0 bridgehead atoms. The summed E-state index contributed by atoms with van der Waals surface area (Å²) in [6, 6.07) is 14.6. The maximum atomic E-state index is 13.1. The number of carbonyl (C=O) groups is 1. The van der Waals surface area contributed by atoms with Gasteiger partial charge in [-0.15, -0.1) is 0 Å². The van der Waals surface area contributed by atoms with Crippen molar-refractivity contribution in [1.29, 1.82) is 0 Å². The Morgan fingerprint density at radius 3 is 2.70 bits per heavy atom. The molecular weight excluding hydrogens is 400 g/mol. The number of nitrogens with zero attached hydrogens (tertiary/aromatic N) is 4. The summed E-state index contributed by atoms with van der Waals surface area (Å²) in [6.07, 6.45) is 5.40. The lowest BCUT2D eigenvalue weighted by Crippen LogP contribution is -2.39. The first-order valence-corrected chi connectivity index (χ1v) is 10.4. The number of aryl methyl sites for hydroxylation is 1. The summed E-state index contributed by atoms with van der Waals surface area (Å²) in [5, 5.41) is 4.86. The van der Waals surface area contributed by atoms with E-state index in [0.717, 1.165) is 41.1 Å². The van der Waals surface area contributed by atoms with Crippen molar-refractivity contribution in [2.24, 2.45) is 7.05 Å². The second-order valence-electron chi connectivity index (χ2n) is 7.54. The highest BCUT2D eigenvalue weighted by Crippen LogP contribution is 2.31. The van der Waals surface area contributed by atoms with Crippen LogP contribution >= 0.6 is 11.6 Å². The molecule has 0 aliphatic carbocycles. The van der Waals surface area contributed by atoms with Crippen molar-refractivity contribution in [2.75, 3.05) is 6.54 Å². The summed E-state index contributed by atoms with van der Waals surface area (Å²) in [6.45, 7) is 0.662. The van der Waals surface area contributed by atoms with E-state index < -0.39 is 0 Å². The van der Waals surface area contributed by atoms with Gasteiger partial charge in [-0.3, -0.25) is 14.6 Å². The normalized spacial score (nSPS) is 16.5. The number of carbonyl (C=O) groups excluding carboxylic acids is 1. The summed E-state index contributed by atoms with van der Waals surface area (Å²) in [4.78, 5) is 31.2. The van der Waals surface area contributed by atoms with E-state index in [2.05, 4.69) is 10.1 Å². The molecule has 30 heavy (non-hydrogen) atoms. The molecule has 0 radical (unpaired) electrons. The number of pyridine rings is 1. The van der Waals surface area contributed by atoms with E-state index in [0.29, 0.717) is 13.0 Å². The number of hydrogen-bond acceptors (Lipinski definition) is 4. The second kappa shape index (κ2) is 8.79. The Labute approximate surface area is 180 Å². The molecule has 3 aromatic rings. The molecule has 6 nitrogen and oxygen atoms in total. The van der Waals surface area contributed by atoms with Crippen molar-refractivity contribution in [3.05, 3.63) is 92.6 Å². The van der Waals surface area contributed by atoms with Crippen LogP contribution in [0.25, 0.3) is 0 Å². The van der Waals surface area contributed by atoms with Crippen molar-refractivity contribution in [3.8, 4) is 0 Å². The monoisotopic (exact) mass is 422 g/mol. The van der Waals surface area contributed by atoms with Gasteiger partial charge in [0.25, 0.3) is 11.5 Å². The Morgan fingerprint density at radius 1 is 1.13 bits per heavy atom.